The number of rotatable bonds is 7. The average Bonchev–Trinajstić information content (AvgIpc) is 2.92. The average molecular weight is 366 g/mol. The van der Waals surface area contributed by atoms with Crippen molar-refractivity contribution in [1.29, 1.82) is 0 Å². The molecule has 2 aromatic rings. The molecule has 7 heteroatoms. The lowest BCUT2D eigenvalue weighted by Crippen LogP contribution is -2.32. The van der Waals surface area contributed by atoms with Crippen LogP contribution in [0.5, 0.6) is 0 Å². The molecule has 1 aliphatic heterocycles. The van der Waals surface area contributed by atoms with Crippen molar-refractivity contribution in [1.82, 2.24) is 10.4 Å². The van der Waals surface area contributed by atoms with Crippen LogP contribution < -0.4 is 5.32 Å². The van der Waals surface area contributed by atoms with Crippen molar-refractivity contribution in [2.45, 2.75) is 25.8 Å². The van der Waals surface area contributed by atoms with Crippen LogP contribution in [-0.2, 0) is 21.0 Å². The van der Waals surface area contributed by atoms with Gasteiger partial charge in [-0.15, -0.1) is 0 Å². The van der Waals surface area contributed by atoms with Gasteiger partial charge in [0.15, 0.2) is 0 Å². The van der Waals surface area contributed by atoms with Crippen LogP contribution in [0.1, 0.15) is 45.5 Å². The Bertz CT molecular complexity index is 844. The van der Waals surface area contributed by atoms with Crippen LogP contribution in [0, 0.1) is 0 Å². The molecule has 0 radical (unpaired) electrons. The molecule has 1 heterocycles. The highest BCUT2D eigenvalue weighted by atomic mass is 16.7. The van der Waals surface area contributed by atoms with Crippen molar-refractivity contribution in [3.63, 3.8) is 0 Å². The van der Waals surface area contributed by atoms with Crippen LogP contribution in [-0.4, -0.2) is 28.8 Å². The van der Waals surface area contributed by atoms with Crippen molar-refractivity contribution in [3.8, 4) is 0 Å². The third-order valence-electron chi connectivity index (χ3n) is 4.07. The van der Waals surface area contributed by atoms with E-state index >= 15 is 0 Å². The Balaban J connectivity index is 1.41. The van der Waals surface area contributed by atoms with Gasteiger partial charge in [-0.2, -0.15) is 0 Å². The van der Waals surface area contributed by atoms with Crippen LogP contribution in [0.2, 0.25) is 0 Å². The van der Waals surface area contributed by atoms with Crippen LogP contribution in [0.25, 0.3) is 0 Å². The lowest BCUT2D eigenvalue weighted by atomic mass is 10.1. The lowest BCUT2D eigenvalue weighted by Gasteiger charge is -2.12. The predicted octanol–water partition coefficient (Wildman–Crippen LogP) is 2.23. The summed E-state index contributed by atoms with van der Waals surface area (Å²) in [6.45, 7) is 0.416. The van der Waals surface area contributed by atoms with E-state index in [0.717, 1.165) is 5.56 Å². The highest BCUT2D eigenvalue weighted by Crippen LogP contribution is 2.22. The summed E-state index contributed by atoms with van der Waals surface area (Å²) in [5, 5.41) is 3.24. The predicted molar refractivity (Wildman–Crippen MR) is 95.2 cm³/mol. The summed E-state index contributed by atoms with van der Waals surface area (Å²) < 4.78 is 0. The van der Waals surface area contributed by atoms with E-state index in [4.69, 9.17) is 4.84 Å². The van der Waals surface area contributed by atoms with E-state index in [9.17, 15) is 19.2 Å². The zero-order valence-corrected chi connectivity index (χ0v) is 14.5. The van der Waals surface area contributed by atoms with Crippen molar-refractivity contribution < 1.29 is 24.0 Å². The highest BCUT2D eigenvalue weighted by Gasteiger charge is 2.38. The molecule has 0 atom stereocenters. The first kappa shape index (κ1) is 18.3. The maximum Gasteiger partial charge on any atom is 0.333 e. The molecule has 3 amide bonds. The number of fused-ring (bicyclic) bond motifs is 1. The van der Waals surface area contributed by atoms with Gasteiger partial charge in [0.05, 0.1) is 11.1 Å². The second-order valence-electron chi connectivity index (χ2n) is 6.03. The van der Waals surface area contributed by atoms with Gasteiger partial charge >= 0.3 is 5.97 Å². The largest absolute Gasteiger partial charge is 0.352 e. The van der Waals surface area contributed by atoms with E-state index in [0.29, 0.717) is 11.6 Å². The Hall–Kier alpha value is -3.48. The summed E-state index contributed by atoms with van der Waals surface area (Å²) in [6.07, 6.45) is 0.318. The van der Waals surface area contributed by atoms with Crippen molar-refractivity contribution in [2.24, 2.45) is 0 Å². The number of amides is 3. The zero-order valence-electron chi connectivity index (χ0n) is 14.5. The number of nitrogens with one attached hydrogen (secondary N) is 1. The maximum atomic E-state index is 12.1. The number of hydroxylamine groups is 2. The number of benzene rings is 2. The Morgan fingerprint density at radius 3 is 2.07 bits per heavy atom. The SMILES string of the molecule is O=C(CCCC(=O)ON1C(=O)c2ccccc2C1=O)NCc1ccccc1. The summed E-state index contributed by atoms with van der Waals surface area (Å²) in [5.41, 5.74) is 1.39. The molecule has 27 heavy (non-hydrogen) atoms. The van der Waals surface area contributed by atoms with E-state index in [-0.39, 0.29) is 36.3 Å². The first-order valence-corrected chi connectivity index (χ1v) is 8.55. The number of carbonyl (C=O) groups excluding carboxylic acids is 4. The van der Waals surface area contributed by atoms with E-state index in [1.165, 1.54) is 12.1 Å². The Morgan fingerprint density at radius 1 is 0.852 bits per heavy atom. The van der Waals surface area contributed by atoms with Crippen LogP contribution >= 0.6 is 0 Å². The lowest BCUT2D eigenvalue weighted by molar-refractivity contribution is -0.168. The van der Waals surface area contributed by atoms with Crippen molar-refractivity contribution >= 4 is 23.7 Å². The number of carbonyl (C=O) groups is 4. The molecule has 2 aromatic carbocycles. The second kappa shape index (κ2) is 8.27. The summed E-state index contributed by atoms with van der Waals surface area (Å²) >= 11 is 0. The van der Waals surface area contributed by atoms with Crippen LogP contribution in [0.4, 0.5) is 0 Å². The molecule has 0 saturated carbocycles. The molecule has 0 unspecified atom stereocenters. The third-order valence-corrected chi connectivity index (χ3v) is 4.07. The van der Waals surface area contributed by atoms with Gasteiger partial charge in [0.2, 0.25) is 5.91 Å². The normalized spacial score (nSPS) is 12.7. The van der Waals surface area contributed by atoms with Crippen molar-refractivity contribution in [3.05, 3.63) is 71.3 Å². The highest BCUT2D eigenvalue weighted by molar-refractivity contribution is 6.20. The molecule has 0 bridgehead atoms. The van der Waals surface area contributed by atoms with Gasteiger partial charge < -0.3 is 10.2 Å². The standard InChI is InChI=1S/C20H18N2O5/c23-17(21-13-14-7-2-1-3-8-14)11-6-12-18(24)27-22-19(25)15-9-4-5-10-16(15)20(22)26/h1-5,7-10H,6,11-13H2,(H,21,23). The monoisotopic (exact) mass is 366 g/mol. The fourth-order valence-electron chi connectivity index (χ4n) is 2.68. The summed E-state index contributed by atoms with van der Waals surface area (Å²) in [7, 11) is 0. The molecular formula is C20H18N2O5. The van der Waals surface area contributed by atoms with Crippen LogP contribution in [0.15, 0.2) is 54.6 Å². The molecule has 0 aliphatic carbocycles. The van der Waals surface area contributed by atoms with E-state index < -0.39 is 17.8 Å². The zero-order chi connectivity index (χ0) is 19.2. The van der Waals surface area contributed by atoms with E-state index in [1.54, 1.807) is 12.1 Å². The first-order valence-electron chi connectivity index (χ1n) is 8.55. The molecule has 0 fully saturated rings. The Kier molecular flexibility index (Phi) is 5.61. The molecule has 0 aromatic heterocycles. The summed E-state index contributed by atoms with van der Waals surface area (Å²) in [6, 6.07) is 15.7. The number of hydrogen-bond acceptors (Lipinski definition) is 5. The maximum absolute atomic E-state index is 12.1. The van der Waals surface area contributed by atoms with Gasteiger partial charge in [-0.3, -0.25) is 14.4 Å². The fourth-order valence-corrected chi connectivity index (χ4v) is 2.68. The molecular weight excluding hydrogens is 348 g/mol. The van der Waals surface area contributed by atoms with Crippen molar-refractivity contribution in [2.75, 3.05) is 0 Å². The van der Waals surface area contributed by atoms with Gasteiger partial charge in [0.25, 0.3) is 11.8 Å². The molecule has 1 N–H and O–H groups in total. The Labute approximate surface area is 155 Å². The van der Waals surface area contributed by atoms with Gasteiger partial charge in [0.1, 0.15) is 0 Å². The topological polar surface area (TPSA) is 92.8 Å². The Morgan fingerprint density at radius 2 is 1.44 bits per heavy atom. The quantitative estimate of drug-likeness (QED) is 0.759. The number of hydrogen-bond donors (Lipinski definition) is 1. The smallest absolute Gasteiger partial charge is 0.333 e. The van der Waals surface area contributed by atoms with E-state index in [2.05, 4.69) is 5.32 Å². The molecule has 138 valence electrons. The minimum absolute atomic E-state index is 0.0772. The van der Waals surface area contributed by atoms with E-state index in [1.807, 2.05) is 30.3 Å². The van der Waals surface area contributed by atoms with Gasteiger partial charge in [-0.05, 0) is 24.1 Å². The molecule has 1 aliphatic rings. The molecule has 0 spiro atoms. The molecule has 0 saturated heterocycles. The molecule has 7 nitrogen and oxygen atoms in total. The van der Waals surface area contributed by atoms with Gasteiger partial charge in [0, 0.05) is 19.4 Å². The number of nitrogens with zero attached hydrogens (tertiary/aromatic N) is 1. The van der Waals surface area contributed by atoms with Gasteiger partial charge in [-0.1, -0.05) is 47.5 Å². The minimum Gasteiger partial charge on any atom is -0.352 e. The van der Waals surface area contributed by atoms with Gasteiger partial charge in [-0.25, -0.2) is 4.79 Å². The summed E-state index contributed by atoms with van der Waals surface area (Å²) in [4.78, 5) is 52.8. The van der Waals surface area contributed by atoms with Crippen LogP contribution in [0.3, 0.4) is 0 Å². The summed E-state index contributed by atoms with van der Waals surface area (Å²) in [5.74, 6) is -2.25. The second-order valence-corrected chi connectivity index (χ2v) is 6.03. The first-order chi connectivity index (χ1) is 13.1. The minimum atomic E-state index is -0.736. The number of imide groups is 1. The molecule has 3 rings (SSSR count). The fraction of sp³-hybridized carbons (Fsp3) is 0.200. The third kappa shape index (κ3) is 4.38.